The molecule has 4 nitrogen and oxygen atoms in total. The summed E-state index contributed by atoms with van der Waals surface area (Å²) < 4.78 is 11.6. The first-order valence-corrected chi connectivity index (χ1v) is 9.77. The van der Waals surface area contributed by atoms with Gasteiger partial charge in [0.15, 0.2) is 5.75 Å². The summed E-state index contributed by atoms with van der Waals surface area (Å²) >= 11 is 6.10. The fourth-order valence-electron chi connectivity index (χ4n) is 2.61. The van der Waals surface area contributed by atoms with Gasteiger partial charge in [0.05, 0.1) is 12.3 Å². The van der Waals surface area contributed by atoms with Crippen LogP contribution in [0.5, 0.6) is 17.2 Å². The first-order valence-electron chi connectivity index (χ1n) is 9.39. The van der Waals surface area contributed by atoms with Crippen LogP contribution in [0.15, 0.2) is 78.9 Å². The lowest BCUT2D eigenvalue weighted by Crippen LogP contribution is -2.09. The van der Waals surface area contributed by atoms with Crippen LogP contribution in [-0.2, 0) is 4.79 Å². The highest BCUT2D eigenvalue weighted by Gasteiger charge is 2.09. The van der Waals surface area contributed by atoms with E-state index in [9.17, 15) is 4.79 Å². The molecule has 0 bridgehead atoms. The standard InChI is InChI=1S/C24H22ClNO3/c1-2-16-28-22-11-7-6-8-18(22)12-15-24(27)26-21-17-19(25)13-14-23(21)29-20-9-4-3-5-10-20/h3-15,17H,2,16H2,1H3,(H,26,27)/b15-12+. The van der Waals surface area contributed by atoms with Gasteiger partial charge in [0.2, 0.25) is 5.91 Å². The minimum atomic E-state index is -0.296. The number of anilines is 1. The highest BCUT2D eigenvalue weighted by atomic mass is 35.5. The normalized spacial score (nSPS) is 10.7. The number of amides is 1. The molecule has 1 amide bonds. The van der Waals surface area contributed by atoms with Gasteiger partial charge in [0, 0.05) is 16.7 Å². The maximum Gasteiger partial charge on any atom is 0.248 e. The van der Waals surface area contributed by atoms with Crippen LogP contribution in [0.3, 0.4) is 0 Å². The largest absolute Gasteiger partial charge is 0.493 e. The fraction of sp³-hybridized carbons (Fsp3) is 0.125. The zero-order valence-corrected chi connectivity index (χ0v) is 16.9. The molecule has 0 saturated carbocycles. The van der Waals surface area contributed by atoms with Crippen LogP contribution in [-0.4, -0.2) is 12.5 Å². The van der Waals surface area contributed by atoms with Crippen LogP contribution >= 0.6 is 11.6 Å². The molecule has 0 aliphatic heterocycles. The molecule has 3 aromatic rings. The van der Waals surface area contributed by atoms with E-state index in [0.717, 1.165) is 17.7 Å². The number of ether oxygens (including phenoxy) is 2. The molecular formula is C24H22ClNO3. The van der Waals surface area contributed by atoms with Crippen molar-refractivity contribution in [3.8, 4) is 17.2 Å². The second-order valence-electron chi connectivity index (χ2n) is 6.26. The van der Waals surface area contributed by atoms with Crippen molar-refractivity contribution in [1.29, 1.82) is 0 Å². The molecule has 29 heavy (non-hydrogen) atoms. The van der Waals surface area contributed by atoms with Crippen molar-refractivity contribution in [3.05, 3.63) is 89.5 Å². The highest BCUT2D eigenvalue weighted by molar-refractivity contribution is 6.31. The fourth-order valence-corrected chi connectivity index (χ4v) is 2.78. The molecule has 0 aromatic heterocycles. The summed E-state index contributed by atoms with van der Waals surface area (Å²) in [5, 5.41) is 3.33. The molecule has 1 N–H and O–H groups in total. The Morgan fingerprint density at radius 1 is 1.00 bits per heavy atom. The molecule has 0 unspecified atom stereocenters. The van der Waals surface area contributed by atoms with Gasteiger partial charge in [-0.25, -0.2) is 0 Å². The van der Waals surface area contributed by atoms with Gasteiger partial charge in [-0.1, -0.05) is 54.9 Å². The van der Waals surface area contributed by atoms with Gasteiger partial charge >= 0.3 is 0 Å². The highest BCUT2D eigenvalue weighted by Crippen LogP contribution is 2.32. The van der Waals surface area contributed by atoms with Gasteiger partial charge in [-0.05, 0) is 48.9 Å². The van der Waals surface area contributed by atoms with Crippen molar-refractivity contribution >= 4 is 29.3 Å². The van der Waals surface area contributed by atoms with Crippen LogP contribution in [0, 0.1) is 0 Å². The molecule has 0 fully saturated rings. The minimum Gasteiger partial charge on any atom is -0.493 e. The Morgan fingerprint density at radius 2 is 1.76 bits per heavy atom. The summed E-state index contributed by atoms with van der Waals surface area (Å²) in [6, 6.07) is 22.0. The lowest BCUT2D eigenvalue weighted by Gasteiger charge is -2.12. The first kappa shape index (κ1) is 20.5. The topological polar surface area (TPSA) is 47.6 Å². The summed E-state index contributed by atoms with van der Waals surface area (Å²) in [4.78, 5) is 12.5. The van der Waals surface area contributed by atoms with E-state index < -0.39 is 0 Å². The number of para-hydroxylation sites is 2. The van der Waals surface area contributed by atoms with Crippen molar-refractivity contribution in [2.24, 2.45) is 0 Å². The number of halogens is 1. The van der Waals surface area contributed by atoms with Crippen molar-refractivity contribution in [2.75, 3.05) is 11.9 Å². The zero-order chi connectivity index (χ0) is 20.5. The van der Waals surface area contributed by atoms with Gasteiger partial charge < -0.3 is 14.8 Å². The summed E-state index contributed by atoms with van der Waals surface area (Å²) in [6.07, 6.45) is 4.10. The summed E-state index contributed by atoms with van der Waals surface area (Å²) in [7, 11) is 0. The van der Waals surface area contributed by atoms with Crippen LogP contribution in [0.4, 0.5) is 5.69 Å². The molecule has 5 heteroatoms. The van der Waals surface area contributed by atoms with Crippen molar-refractivity contribution in [3.63, 3.8) is 0 Å². The molecule has 0 atom stereocenters. The molecular weight excluding hydrogens is 386 g/mol. The summed E-state index contributed by atoms with van der Waals surface area (Å²) in [5.74, 6) is 1.63. The molecule has 0 saturated heterocycles. The third-order valence-electron chi connectivity index (χ3n) is 3.97. The Balaban J connectivity index is 1.74. The van der Waals surface area contributed by atoms with Gasteiger partial charge in [-0.2, -0.15) is 0 Å². The second kappa shape index (κ2) is 10.3. The third kappa shape index (κ3) is 6.13. The van der Waals surface area contributed by atoms with E-state index in [1.54, 1.807) is 24.3 Å². The molecule has 3 aromatic carbocycles. The Morgan fingerprint density at radius 3 is 2.55 bits per heavy atom. The first-order chi connectivity index (χ1) is 14.2. The quantitative estimate of drug-likeness (QED) is 0.429. The Kier molecular flexibility index (Phi) is 7.31. The Bertz CT molecular complexity index is 986. The van der Waals surface area contributed by atoms with E-state index in [-0.39, 0.29) is 5.91 Å². The van der Waals surface area contributed by atoms with Crippen molar-refractivity contribution < 1.29 is 14.3 Å². The smallest absolute Gasteiger partial charge is 0.248 e. The van der Waals surface area contributed by atoms with E-state index >= 15 is 0 Å². The minimum absolute atomic E-state index is 0.296. The van der Waals surface area contributed by atoms with Crippen molar-refractivity contribution in [2.45, 2.75) is 13.3 Å². The van der Waals surface area contributed by atoms with Crippen LogP contribution < -0.4 is 14.8 Å². The Hall–Kier alpha value is -3.24. The van der Waals surface area contributed by atoms with Crippen molar-refractivity contribution in [1.82, 2.24) is 0 Å². The monoisotopic (exact) mass is 407 g/mol. The average molecular weight is 408 g/mol. The summed E-state index contributed by atoms with van der Waals surface area (Å²) in [5.41, 5.74) is 1.33. The molecule has 0 aliphatic carbocycles. The molecule has 148 valence electrons. The van der Waals surface area contributed by atoms with Gasteiger partial charge in [0.25, 0.3) is 0 Å². The lowest BCUT2D eigenvalue weighted by atomic mass is 10.2. The van der Waals surface area contributed by atoms with E-state index in [1.807, 2.05) is 61.5 Å². The number of hydrogen-bond donors (Lipinski definition) is 1. The lowest BCUT2D eigenvalue weighted by molar-refractivity contribution is -0.111. The van der Waals surface area contributed by atoms with Gasteiger partial charge in [-0.15, -0.1) is 0 Å². The third-order valence-corrected chi connectivity index (χ3v) is 4.20. The Labute approximate surface area is 175 Å². The molecule has 0 spiro atoms. The van der Waals surface area contributed by atoms with E-state index in [1.165, 1.54) is 6.08 Å². The number of rotatable bonds is 8. The molecule has 0 aliphatic rings. The van der Waals surface area contributed by atoms with E-state index in [4.69, 9.17) is 21.1 Å². The second-order valence-corrected chi connectivity index (χ2v) is 6.70. The molecule has 0 radical (unpaired) electrons. The van der Waals surface area contributed by atoms with Gasteiger partial charge in [0.1, 0.15) is 11.5 Å². The predicted molar refractivity (Wildman–Crippen MR) is 118 cm³/mol. The van der Waals surface area contributed by atoms with Gasteiger partial charge in [-0.3, -0.25) is 4.79 Å². The number of nitrogens with one attached hydrogen (secondary N) is 1. The zero-order valence-electron chi connectivity index (χ0n) is 16.1. The number of carbonyl (C=O) groups is 1. The maximum atomic E-state index is 12.5. The SMILES string of the molecule is CCCOc1ccccc1/C=C/C(=O)Nc1cc(Cl)ccc1Oc1ccccc1. The molecule has 3 rings (SSSR count). The van der Waals surface area contributed by atoms with Crippen LogP contribution in [0.1, 0.15) is 18.9 Å². The number of carbonyl (C=O) groups excluding carboxylic acids is 1. The number of benzene rings is 3. The number of hydrogen-bond acceptors (Lipinski definition) is 3. The predicted octanol–water partition coefficient (Wildman–Crippen LogP) is 6.57. The van der Waals surface area contributed by atoms with E-state index in [0.29, 0.717) is 28.8 Å². The maximum absolute atomic E-state index is 12.5. The van der Waals surface area contributed by atoms with E-state index in [2.05, 4.69) is 5.32 Å². The summed E-state index contributed by atoms with van der Waals surface area (Å²) in [6.45, 7) is 2.67. The van der Waals surface area contributed by atoms with Crippen LogP contribution in [0.2, 0.25) is 5.02 Å². The van der Waals surface area contributed by atoms with Crippen LogP contribution in [0.25, 0.3) is 6.08 Å². The molecule has 0 heterocycles. The average Bonchev–Trinajstić information content (AvgIpc) is 2.74.